The summed E-state index contributed by atoms with van der Waals surface area (Å²) in [7, 11) is 0. The van der Waals surface area contributed by atoms with E-state index in [-0.39, 0.29) is 0 Å². The highest BCUT2D eigenvalue weighted by molar-refractivity contribution is 5.91. The van der Waals surface area contributed by atoms with Gasteiger partial charge in [0.05, 0.1) is 11.1 Å². The zero-order valence-electron chi connectivity index (χ0n) is 14.2. The van der Waals surface area contributed by atoms with E-state index in [1.807, 2.05) is 23.9 Å². The molecule has 0 aliphatic carbocycles. The second-order valence-corrected chi connectivity index (χ2v) is 5.59. The fourth-order valence-electron chi connectivity index (χ4n) is 2.88. The van der Waals surface area contributed by atoms with Gasteiger partial charge in [-0.05, 0) is 51.0 Å². The van der Waals surface area contributed by atoms with Gasteiger partial charge in [-0.25, -0.2) is 9.67 Å². The second-order valence-electron chi connectivity index (χ2n) is 5.59. The fourth-order valence-corrected chi connectivity index (χ4v) is 2.88. The average molecular weight is 309 g/mol. The molecule has 0 bridgehead atoms. The maximum Gasteiger partial charge on any atom is 0.160 e. The van der Waals surface area contributed by atoms with Gasteiger partial charge in [-0.2, -0.15) is 5.10 Å². The van der Waals surface area contributed by atoms with Gasteiger partial charge in [0.15, 0.2) is 11.5 Å². The fraction of sp³-hybridized carbons (Fsp3) is 0.389. The lowest BCUT2D eigenvalue weighted by Gasteiger charge is -2.09. The van der Waals surface area contributed by atoms with E-state index < -0.39 is 0 Å². The van der Waals surface area contributed by atoms with E-state index in [0.29, 0.717) is 0 Å². The largest absolute Gasteiger partial charge is 0.368 e. The van der Waals surface area contributed by atoms with E-state index in [0.717, 1.165) is 53.3 Å². The van der Waals surface area contributed by atoms with Crippen molar-refractivity contribution in [2.45, 2.75) is 40.7 Å². The SMILES string of the molecule is CCNc1nn(CC)c2nc(CC)c(-c3ccnc(C)c3)cc12. The normalized spacial score (nSPS) is 11.1. The molecule has 0 aliphatic heterocycles. The Balaban J connectivity index is 2.27. The Labute approximate surface area is 136 Å². The smallest absolute Gasteiger partial charge is 0.160 e. The topological polar surface area (TPSA) is 55.6 Å². The lowest BCUT2D eigenvalue weighted by Crippen LogP contribution is -2.01. The third-order valence-corrected chi connectivity index (χ3v) is 3.99. The van der Waals surface area contributed by atoms with E-state index in [1.54, 1.807) is 0 Å². The summed E-state index contributed by atoms with van der Waals surface area (Å²) in [4.78, 5) is 9.21. The Morgan fingerprint density at radius 1 is 1.17 bits per heavy atom. The van der Waals surface area contributed by atoms with Crippen molar-refractivity contribution in [1.29, 1.82) is 0 Å². The summed E-state index contributed by atoms with van der Waals surface area (Å²) in [5.41, 5.74) is 5.40. The Kier molecular flexibility index (Phi) is 4.28. The van der Waals surface area contributed by atoms with Crippen LogP contribution in [0.4, 0.5) is 5.82 Å². The van der Waals surface area contributed by atoms with Crippen molar-refractivity contribution >= 4 is 16.9 Å². The second kappa shape index (κ2) is 6.36. The first kappa shape index (κ1) is 15.5. The minimum atomic E-state index is 0.811. The summed E-state index contributed by atoms with van der Waals surface area (Å²) < 4.78 is 1.97. The summed E-state index contributed by atoms with van der Waals surface area (Å²) in [5, 5.41) is 9.08. The van der Waals surface area contributed by atoms with Gasteiger partial charge in [-0.15, -0.1) is 0 Å². The minimum absolute atomic E-state index is 0.811. The molecule has 1 N–H and O–H groups in total. The molecule has 0 amide bonds. The van der Waals surface area contributed by atoms with Crippen LogP contribution < -0.4 is 5.32 Å². The van der Waals surface area contributed by atoms with Gasteiger partial charge in [-0.1, -0.05) is 6.92 Å². The number of hydrogen-bond acceptors (Lipinski definition) is 4. The predicted molar refractivity (Wildman–Crippen MR) is 94.7 cm³/mol. The summed E-state index contributed by atoms with van der Waals surface area (Å²) in [6, 6.07) is 6.37. The quantitative estimate of drug-likeness (QED) is 0.778. The number of pyridine rings is 2. The molecule has 3 aromatic rings. The van der Waals surface area contributed by atoms with Crippen LogP contribution in [0.1, 0.15) is 32.2 Å². The maximum atomic E-state index is 4.91. The van der Waals surface area contributed by atoms with E-state index >= 15 is 0 Å². The molecule has 120 valence electrons. The Morgan fingerprint density at radius 2 is 2.00 bits per heavy atom. The lowest BCUT2D eigenvalue weighted by atomic mass is 10.0. The average Bonchev–Trinajstić information content (AvgIpc) is 2.91. The van der Waals surface area contributed by atoms with Gasteiger partial charge in [0, 0.05) is 30.5 Å². The molecular formula is C18H23N5. The first-order chi connectivity index (χ1) is 11.2. The van der Waals surface area contributed by atoms with Crippen LogP contribution in [-0.2, 0) is 13.0 Å². The lowest BCUT2D eigenvalue weighted by molar-refractivity contribution is 0.677. The molecule has 0 atom stereocenters. The molecule has 3 rings (SSSR count). The summed E-state index contributed by atoms with van der Waals surface area (Å²) in [6.07, 6.45) is 2.74. The maximum absolute atomic E-state index is 4.91. The molecule has 0 saturated heterocycles. The Morgan fingerprint density at radius 3 is 2.65 bits per heavy atom. The van der Waals surface area contributed by atoms with E-state index in [9.17, 15) is 0 Å². The third kappa shape index (κ3) is 2.79. The van der Waals surface area contributed by atoms with Crippen LogP contribution in [0.3, 0.4) is 0 Å². The van der Waals surface area contributed by atoms with Crippen molar-refractivity contribution in [1.82, 2.24) is 19.7 Å². The highest BCUT2D eigenvalue weighted by Crippen LogP contribution is 2.30. The molecule has 3 aromatic heterocycles. The minimum Gasteiger partial charge on any atom is -0.368 e. The van der Waals surface area contributed by atoms with Crippen molar-refractivity contribution in [2.75, 3.05) is 11.9 Å². The van der Waals surface area contributed by atoms with E-state index in [1.165, 1.54) is 5.56 Å². The zero-order valence-corrected chi connectivity index (χ0v) is 14.2. The number of anilines is 1. The van der Waals surface area contributed by atoms with Crippen LogP contribution >= 0.6 is 0 Å². The number of aromatic nitrogens is 4. The Bertz CT molecular complexity index is 835. The van der Waals surface area contributed by atoms with E-state index in [2.05, 4.69) is 48.3 Å². The molecule has 23 heavy (non-hydrogen) atoms. The van der Waals surface area contributed by atoms with Gasteiger partial charge in [0.2, 0.25) is 0 Å². The number of nitrogens with one attached hydrogen (secondary N) is 1. The molecule has 0 spiro atoms. The molecular weight excluding hydrogens is 286 g/mol. The van der Waals surface area contributed by atoms with Crippen LogP contribution in [-0.4, -0.2) is 26.3 Å². The molecule has 0 aromatic carbocycles. The Hall–Kier alpha value is -2.43. The third-order valence-electron chi connectivity index (χ3n) is 3.99. The standard InChI is InChI=1S/C18H23N5/c1-5-16-14(13-8-9-20-12(4)10-13)11-15-17(19-6-2)22-23(7-3)18(15)21-16/h8-11H,5-7H2,1-4H3,(H,19,22). The molecule has 0 fully saturated rings. The number of fused-ring (bicyclic) bond motifs is 1. The number of rotatable bonds is 5. The number of aryl methyl sites for hydroxylation is 3. The van der Waals surface area contributed by atoms with Gasteiger partial charge in [0.25, 0.3) is 0 Å². The highest BCUT2D eigenvalue weighted by atomic mass is 15.3. The summed E-state index contributed by atoms with van der Waals surface area (Å²) in [6.45, 7) is 9.98. The number of hydrogen-bond donors (Lipinski definition) is 1. The van der Waals surface area contributed by atoms with Crippen molar-refractivity contribution in [2.24, 2.45) is 0 Å². The van der Waals surface area contributed by atoms with Gasteiger partial charge >= 0.3 is 0 Å². The van der Waals surface area contributed by atoms with Crippen molar-refractivity contribution in [3.63, 3.8) is 0 Å². The number of nitrogens with zero attached hydrogens (tertiary/aromatic N) is 4. The van der Waals surface area contributed by atoms with E-state index in [4.69, 9.17) is 4.98 Å². The molecule has 0 radical (unpaired) electrons. The van der Waals surface area contributed by atoms with Crippen LogP contribution in [0.25, 0.3) is 22.2 Å². The van der Waals surface area contributed by atoms with Crippen LogP contribution in [0.5, 0.6) is 0 Å². The van der Waals surface area contributed by atoms with Crippen molar-refractivity contribution in [3.05, 3.63) is 35.8 Å². The molecule has 0 aliphatic rings. The zero-order chi connectivity index (χ0) is 16.4. The predicted octanol–water partition coefficient (Wildman–Crippen LogP) is 3.82. The molecule has 3 heterocycles. The first-order valence-electron chi connectivity index (χ1n) is 8.25. The van der Waals surface area contributed by atoms with Crippen LogP contribution in [0.2, 0.25) is 0 Å². The monoisotopic (exact) mass is 309 g/mol. The summed E-state index contributed by atoms with van der Waals surface area (Å²) in [5.74, 6) is 0.909. The molecule has 0 unspecified atom stereocenters. The summed E-state index contributed by atoms with van der Waals surface area (Å²) >= 11 is 0. The van der Waals surface area contributed by atoms with Gasteiger partial charge in [0.1, 0.15) is 0 Å². The van der Waals surface area contributed by atoms with Gasteiger partial charge < -0.3 is 5.32 Å². The van der Waals surface area contributed by atoms with Crippen molar-refractivity contribution < 1.29 is 0 Å². The van der Waals surface area contributed by atoms with Crippen molar-refractivity contribution in [3.8, 4) is 11.1 Å². The van der Waals surface area contributed by atoms with Gasteiger partial charge in [-0.3, -0.25) is 4.98 Å². The molecule has 5 nitrogen and oxygen atoms in total. The van der Waals surface area contributed by atoms with Crippen LogP contribution in [0, 0.1) is 6.92 Å². The van der Waals surface area contributed by atoms with Crippen LogP contribution in [0.15, 0.2) is 24.4 Å². The molecule has 5 heteroatoms. The first-order valence-corrected chi connectivity index (χ1v) is 8.25. The highest BCUT2D eigenvalue weighted by Gasteiger charge is 2.15. The molecule has 0 saturated carbocycles.